The van der Waals surface area contributed by atoms with Gasteiger partial charge in [0.15, 0.2) is 0 Å². The third-order valence-corrected chi connectivity index (χ3v) is 5.35. The summed E-state index contributed by atoms with van der Waals surface area (Å²) in [6.45, 7) is 4.10. The van der Waals surface area contributed by atoms with E-state index in [-0.39, 0.29) is 13.2 Å². The Labute approximate surface area is 174 Å². The number of benzene rings is 2. The molecule has 2 aromatic carbocycles. The molecule has 1 fully saturated rings. The molecule has 1 heterocycles. The zero-order chi connectivity index (χ0) is 21.7. The van der Waals surface area contributed by atoms with E-state index in [4.69, 9.17) is 4.74 Å². The van der Waals surface area contributed by atoms with E-state index in [9.17, 15) is 24.6 Å². The Hall–Kier alpha value is -3.61. The second-order valence-electron chi connectivity index (χ2n) is 7.24. The molecule has 1 aliphatic rings. The first kappa shape index (κ1) is 21.1. The lowest BCUT2D eigenvalue weighted by atomic mass is 9.81. The fourth-order valence-corrected chi connectivity index (χ4v) is 3.91. The van der Waals surface area contributed by atoms with Gasteiger partial charge in [0.2, 0.25) is 0 Å². The zero-order valence-corrected chi connectivity index (χ0v) is 16.3. The van der Waals surface area contributed by atoms with Crippen molar-refractivity contribution < 1.29 is 29.3 Å². The summed E-state index contributed by atoms with van der Waals surface area (Å²) in [4.78, 5) is 37.3. The van der Waals surface area contributed by atoms with E-state index in [1.807, 2.05) is 48.5 Å². The van der Waals surface area contributed by atoms with Crippen LogP contribution >= 0.6 is 0 Å². The number of carbonyl (C=O) groups excluding carboxylic acids is 1. The maximum Gasteiger partial charge on any atom is 0.410 e. The molecule has 0 aliphatic carbocycles. The monoisotopic (exact) mass is 409 g/mol. The van der Waals surface area contributed by atoms with Crippen LogP contribution in [0.3, 0.4) is 0 Å². The largest absolute Gasteiger partial charge is 0.481 e. The van der Waals surface area contributed by atoms with Crippen molar-refractivity contribution in [3.05, 3.63) is 78.4 Å². The molecule has 7 heteroatoms. The van der Waals surface area contributed by atoms with Gasteiger partial charge in [0, 0.05) is 18.4 Å². The maximum absolute atomic E-state index is 12.7. The van der Waals surface area contributed by atoms with Gasteiger partial charge in [-0.05, 0) is 16.7 Å². The van der Waals surface area contributed by atoms with Gasteiger partial charge < -0.3 is 14.9 Å². The van der Waals surface area contributed by atoms with Crippen molar-refractivity contribution in [1.29, 1.82) is 0 Å². The van der Waals surface area contributed by atoms with Gasteiger partial charge in [-0.1, -0.05) is 67.2 Å². The van der Waals surface area contributed by atoms with E-state index in [0.717, 1.165) is 16.0 Å². The number of ether oxygens (including phenoxy) is 1. The Bertz CT molecular complexity index is 927. The minimum Gasteiger partial charge on any atom is -0.481 e. The second kappa shape index (κ2) is 9.26. The van der Waals surface area contributed by atoms with Crippen LogP contribution in [0.15, 0.2) is 67.2 Å². The average molecular weight is 409 g/mol. The molecule has 2 aromatic rings. The van der Waals surface area contributed by atoms with Gasteiger partial charge in [0.25, 0.3) is 0 Å². The Morgan fingerprint density at radius 3 is 2.17 bits per heavy atom. The molecule has 0 bridgehead atoms. The molecule has 0 unspecified atom stereocenters. The predicted octanol–water partition coefficient (Wildman–Crippen LogP) is 3.51. The van der Waals surface area contributed by atoms with Crippen LogP contribution in [0.1, 0.15) is 17.5 Å². The topological polar surface area (TPSA) is 104 Å². The lowest BCUT2D eigenvalue weighted by Gasteiger charge is -2.24. The zero-order valence-electron chi connectivity index (χ0n) is 16.3. The summed E-state index contributed by atoms with van der Waals surface area (Å²) >= 11 is 0. The molecule has 1 aliphatic heterocycles. The van der Waals surface area contributed by atoms with E-state index < -0.39 is 42.3 Å². The van der Waals surface area contributed by atoms with Crippen molar-refractivity contribution in [3.8, 4) is 0 Å². The van der Waals surface area contributed by atoms with Gasteiger partial charge in [-0.3, -0.25) is 9.69 Å². The molecule has 7 nitrogen and oxygen atoms in total. The first-order chi connectivity index (χ1) is 14.4. The minimum absolute atomic E-state index is 0.00356. The average Bonchev–Trinajstić information content (AvgIpc) is 3.11. The number of nitrogens with zero attached hydrogens (tertiary/aromatic N) is 1. The van der Waals surface area contributed by atoms with Crippen molar-refractivity contribution in [2.45, 2.75) is 19.1 Å². The molecule has 156 valence electrons. The van der Waals surface area contributed by atoms with Gasteiger partial charge in [-0.15, -0.1) is 0 Å². The van der Waals surface area contributed by atoms with E-state index in [0.29, 0.717) is 5.57 Å². The Balaban J connectivity index is 1.84. The number of amides is 1. The second-order valence-corrected chi connectivity index (χ2v) is 7.24. The van der Waals surface area contributed by atoms with Crippen LogP contribution in [0.4, 0.5) is 4.79 Å². The third-order valence-electron chi connectivity index (χ3n) is 5.35. The van der Waals surface area contributed by atoms with Gasteiger partial charge in [-0.2, -0.15) is 0 Å². The molecule has 0 aromatic heterocycles. The van der Waals surface area contributed by atoms with Crippen molar-refractivity contribution in [1.82, 2.24) is 4.90 Å². The summed E-state index contributed by atoms with van der Waals surface area (Å²) in [5.41, 5.74) is 2.15. The van der Waals surface area contributed by atoms with Crippen LogP contribution in [-0.4, -0.2) is 45.7 Å². The highest BCUT2D eigenvalue weighted by Crippen LogP contribution is 2.40. The standard InChI is InChI=1S/C23H23NO6/c1-15(17-10-6-3-7-11-17)19-13-24(21(22(27)28)18(19)12-20(25)26)23(29)30-14-16-8-4-2-5-9-16/h2-11,18-19,21H,1,12-14H2,(H,25,26)(H,27,28)/t18-,19+,21-/m0/s1. The normalized spacial score (nSPS) is 20.5. The minimum atomic E-state index is -1.31. The number of rotatable bonds is 7. The van der Waals surface area contributed by atoms with Crippen LogP contribution in [0.2, 0.25) is 0 Å². The quantitative estimate of drug-likeness (QED) is 0.725. The van der Waals surface area contributed by atoms with E-state index >= 15 is 0 Å². The molecule has 0 spiro atoms. The predicted molar refractivity (Wildman–Crippen MR) is 109 cm³/mol. The number of hydrogen-bond acceptors (Lipinski definition) is 4. The number of hydrogen-bond donors (Lipinski definition) is 2. The summed E-state index contributed by atoms with van der Waals surface area (Å²) in [5.74, 6) is -3.73. The lowest BCUT2D eigenvalue weighted by Crippen LogP contribution is -2.44. The molecule has 3 rings (SSSR count). The summed E-state index contributed by atoms with van der Waals surface area (Å²) in [5, 5.41) is 19.2. The first-order valence-electron chi connectivity index (χ1n) is 9.54. The van der Waals surface area contributed by atoms with Gasteiger partial charge in [0.05, 0.1) is 6.42 Å². The SMILES string of the molecule is C=C(c1ccccc1)[C@H]1CN(C(=O)OCc2ccccc2)[C@H](C(=O)O)[C@H]1CC(=O)O. The Morgan fingerprint density at radius 2 is 1.60 bits per heavy atom. The molecular weight excluding hydrogens is 386 g/mol. The van der Waals surface area contributed by atoms with Gasteiger partial charge in [0.1, 0.15) is 12.6 Å². The van der Waals surface area contributed by atoms with E-state index in [1.54, 1.807) is 12.1 Å². The Kier molecular flexibility index (Phi) is 6.51. The molecule has 30 heavy (non-hydrogen) atoms. The van der Waals surface area contributed by atoms with Crippen molar-refractivity contribution in [2.24, 2.45) is 11.8 Å². The number of likely N-dealkylation sites (tertiary alicyclic amines) is 1. The summed E-state index contributed by atoms with van der Waals surface area (Å²) in [6.07, 6.45) is -1.18. The van der Waals surface area contributed by atoms with Crippen LogP contribution < -0.4 is 0 Å². The smallest absolute Gasteiger partial charge is 0.410 e. The molecule has 3 atom stereocenters. The molecule has 1 saturated heterocycles. The summed E-state index contributed by atoms with van der Waals surface area (Å²) in [6, 6.07) is 16.9. The molecular formula is C23H23NO6. The summed E-state index contributed by atoms with van der Waals surface area (Å²) in [7, 11) is 0. The van der Waals surface area contributed by atoms with Crippen LogP contribution in [0.25, 0.3) is 5.57 Å². The van der Waals surface area contributed by atoms with Crippen LogP contribution in [0.5, 0.6) is 0 Å². The van der Waals surface area contributed by atoms with Crippen LogP contribution in [-0.2, 0) is 20.9 Å². The molecule has 1 amide bonds. The van der Waals surface area contributed by atoms with E-state index in [1.165, 1.54) is 0 Å². The molecule has 2 N–H and O–H groups in total. The van der Waals surface area contributed by atoms with Gasteiger partial charge in [-0.25, -0.2) is 9.59 Å². The molecule has 0 saturated carbocycles. The maximum atomic E-state index is 12.7. The highest BCUT2D eigenvalue weighted by molar-refractivity contribution is 5.84. The number of aliphatic carboxylic acids is 2. The van der Waals surface area contributed by atoms with Crippen molar-refractivity contribution >= 4 is 23.6 Å². The highest BCUT2D eigenvalue weighted by Gasteiger charge is 2.50. The Morgan fingerprint density at radius 1 is 1.00 bits per heavy atom. The lowest BCUT2D eigenvalue weighted by molar-refractivity contribution is -0.144. The van der Waals surface area contributed by atoms with Crippen molar-refractivity contribution in [3.63, 3.8) is 0 Å². The third kappa shape index (κ3) is 4.68. The number of carbonyl (C=O) groups is 3. The molecule has 0 radical (unpaired) electrons. The van der Waals surface area contributed by atoms with E-state index in [2.05, 4.69) is 6.58 Å². The fourth-order valence-electron chi connectivity index (χ4n) is 3.91. The van der Waals surface area contributed by atoms with Crippen molar-refractivity contribution in [2.75, 3.05) is 6.54 Å². The first-order valence-corrected chi connectivity index (χ1v) is 9.54. The van der Waals surface area contributed by atoms with Gasteiger partial charge >= 0.3 is 18.0 Å². The van der Waals surface area contributed by atoms with Crippen LogP contribution in [0, 0.1) is 11.8 Å². The number of carboxylic acids is 2. The number of carboxylic acid groups (broad SMARTS) is 2. The summed E-state index contributed by atoms with van der Waals surface area (Å²) < 4.78 is 5.33. The fraction of sp³-hybridized carbons (Fsp3) is 0.261. The highest BCUT2D eigenvalue weighted by atomic mass is 16.6.